The van der Waals surface area contributed by atoms with E-state index in [9.17, 15) is 73.5 Å². The molecule has 0 unspecified atom stereocenters. The molecule has 18 nitrogen and oxygen atoms in total. The maximum Gasteiger partial charge on any atom is 4.00 e. The van der Waals surface area contributed by atoms with Gasteiger partial charge in [-0.3, -0.25) is 24.0 Å². The second kappa shape index (κ2) is 52.4. The van der Waals surface area contributed by atoms with E-state index in [2.05, 4.69) is 0 Å². The third-order valence-electron chi connectivity index (χ3n) is 4.35. The predicted molar refractivity (Wildman–Crippen MR) is 214 cm³/mol. The van der Waals surface area contributed by atoms with Gasteiger partial charge in [-0.1, -0.05) is 34.6 Å². The van der Waals surface area contributed by atoms with Crippen molar-refractivity contribution in [2.45, 2.75) is 210 Å². The molecule has 0 heterocycles. The minimum Gasteiger partial charge on any atom is -0.550 e. The van der Waals surface area contributed by atoms with Crippen molar-refractivity contribution < 1.29 is 132 Å². The van der Waals surface area contributed by atoms with Gasteiger partial charge in [-0.05, 0) is 94.4 Å². The van der Waals surface area contributed by atoms with Crippen molar-refractivity contribution in [3.05, 3.63) is 0 Å². The molecule has 0 radical (unpaired) electrons. The Labute approximate surface area is 399 Å². The van der Waals surface area contributed by atoms with Crippen LogP contribution in [0.5, 0.6) is 0 Å². The van der Waals surface area contributed by atoms with E-state index in [0.717, 1.165) is 0 Å². The summed E-state index contributed by atoms with van der Waals surface area (Å²) in [6, 6.07) is 0. The Morgan fingerprint density at radius 3 is 0.452 bits per heavy atom. The standard InChI is InChI=1S/5C6H10O3.3C4H10O.2Ti/c5*1-2-3-5(7)4-6(8)9;3*1-4(2,3)5;;/h5*2-4H2,1H3,(H,8,9);3*5H,1-3H3;;/q;;;;;;;;;+4/p-5. The number of rotatable bonds is 20. The average Bonchev–Trinajstić information content (AvgIpc) is 2.95. The Bertz CT molecular complexity index is 993. The Balaban J connectivity index is -0.0000000627. The van der Waals surface area contributed by atoms with Gasteiger partial charge < -0.3 is 64.8 Å². The zero-order chi connectivity index (χ0) is 49.9. The smallest absolute Gasteiger partial charge is 0.550 e. The number of aliphatic carboxylic acids is 5. The minimum absolute atomic E-state index is 0. The minimum atomic E-state index is -1.28. The van der Waals surface area contributed by atoms with Gasteiger partial charge in [0.15, 0.2) is 0 Å². The van der Waals surface area contributed by atoms with E-state index in [4.69, 9.17) is 15.3 Å². The van der Waals surface area contributed by atoms with Crippen LogP contribution in [-0.4, -0.2) is 90.9 Å². The zero-order valence-electron chi connectivity index (χ0n) is 39.6. The van der Waals surface area contributed by atoms with Crippen molar-refractivity contribution in [1.29, 1.82) is 0 Å². The van der Waals surface area contributed by atoms with Gasteiger partial charge in [0.2, 0.25) is 0 Å². The van der Waals surface area contributed by atoms with Crippen LogP contribution in [0.15, 0.2) is 0 Å². The van der Waals surface area contributed by atoms with Crippen LogP contribution in [-0.2, 0) is 91.4 Å². The SMILES string of the molecule is CC(C)(C)O.CC(C)(C)O.CC(C)(C)O.CCCC(=O)CC(=O)[O-].CCCC(=O)CC(=O)[O-].CCCC(=O)CC(=O)[O-].CCCC(=O)CC(=O)[O-].CCCC(=O)CC(=O)[O-].[Ti+4].[Ti]. The summed E-state index contributed by atoms with van der Waals surface area (Å²) in [4.78, 5) is 101. The van der Waals surface area contributed by atoms with E-state index in [0.29, 0.717) is 64.2 Å². The summed E-state index contributed by atoms with van der Waals surface area (Å²) >= 11 is 0. The third-order valence-corrected chi connectivity index (χ3v) is 4.35. The number of carboxylic acids is 5. The van der Waals surface area contributed by atoms with E-state index in [1.807, 2.05) is 34.6 Å². The van der Waals surface area contributed by atoms with Crippen molar-refractivity contribution in [3.63, 3.8) is 0 Å². The number of carboxylic acid groups (broad SMARTS) is 5. The molecule has 0 aliphatic heterocycles. The van der Waals surface area contributed by atoms with E-state index in [1.54, 1.807) is 62.3 Å². The van der Waals surface area contributed by atoms with Crippen molar-refractivity contribution >= 4 is 58.8 Å². The molecule has 0 aromatic rings. The molecular weight excluding hydrogens is 888 g/mol. The molecule has 20 heteroatoms. The first-order valence-corrected chi connectivity index (χ1v) is 19.6. The van der Waals surface area contributed by atoms with Crippen LogP contribution in [0.4, 0.5) is 0 Å². The maximum absolute atomic E-state index is 10.4. The van der Waals surface area contributed by atoms with Crippen molar-refractivity contribution in [3.8, 4) is 0 Å². The number of carbonyl (C=O) groups is 10. The fraction of sp³-hybridized carbons (Fsp3) is 0.762. The summed E-state index contributed by atoms with van der Waals surface area (Å²) in [6.45, 7) is 24.8. The molecule has 0 aliphatic carbocycles. The summed E-state index contributed by atoms with van der Waals surface area (Å²) in [5, 5.41) is 74.3. The van der Waals surface area contributed by atoms with Crippen LogP contribution in [0, 0.1) is 0 Å². The number of aliphatic hydroxyl groups is 3. The van der Waals surface area contributed by atoms with Gasteiger partial charge in [0.05, 0.1) is 16.8 Å². The Kier molecular flexibility index (Phi) is 69.8. The number of ketones is 5. The van der Waals surface area contributed by atoms with Crippen molar-refractivity contribution in [2.75, 3.05) is 0 Å². The molecule has 0 saturated carbocycles. The van der Waals surface area contributed by atoms with Gasteiger partial charge in [-0.2, -0.15) is 0 Å². The van der Waals surface area contributed by atoms with Crippen LogP contribution in [0.1, 0.15) is 193 Å². The number of hydrogen-bond donors (Lipinski definition) is 3. The van der Waals surface area contributed by atoms with E-state index >= 15 is 0 Å². The third kappa shape index (κ3) is 175. The topological polar surface area (TPSA) is 347 Å². The van der Waals surface area contributed by atoms with Gasteiger partial charge in [0, 0.05) is 116 Å². The molecule has 0 aromatic carbocycles. The molecule has 0 rings (SSSR count). The summed E-state index contributed by atoms with van der Waals surface area (Å²) in [5.74, 6) is -7.68. The molecule has 0 saturated heterocycles. The summed E-state index contributed by atoms with van der Waals surface area (Å²) in [7, 11) is 0. The summed E-state index contributed by atoms with van der Waals surface area (Å²) in [5.41, 5.74) is -1.50. The number of Topliss-reactive ketones (excluding diaryl/α,β-unsaturated/α-hetero) is 5. The van der Waals surface area contributed by atoms with Gasteiger partial charge in [0.1, 0.15) is 28.9 Å². The van der Waals surface area contributed by atoms with Crippen molar-refractivity contribution in [2.24, 2.45) is 0 Å². The molecule has 0 aromatic heterocycles. The van der Waals surface area contributed by atoms with E-state index in [-0.39, 0.29) is 72.4 Å². The van der Waals surface area contributed by atoms with Crippen LogP contribution in [0.2, 0.25) is 0 Å². The van der Waals surface area contributed by atoms with Crippen LogP contribution < -0.4 is 25.5 Å². The molecule has 0 amide bonds. The predicted octanol–water partition coefficient (Wildman–Crippen LogP) is -0.195. The van der Waals surface area contributed by atoms with E-state index < -0.39 is 78.8 Å². The Morgan fingerprint density at radius 1 is 0.323 bits per heavy atom. The molecule has 0 bridgehead atoms. The molecule has 3 N–H and O–H groups in total. The molecule has 0 atom stereocenters. The maximum atomic E-state index is 10.4. The quantitative estimate of drug-likeness (QED) is 0.105. The van der Waals surface area contributed by atoms with Crippen molar-refractivity contribution in [1.82, 2.24) is 0 Å². The molecule has 0 spiro atoms. The summed E-state index contributed by atoms with van der Waals surface area (Å²) < 4.78 is 0. The molecule has 0 aliphatic rings. The molecule has 360 valence electrons. The van der Waals surface area contributed by atoms with Crippen LogP contribution >= 0.6 is 0 Å². The normalized spacial score (nSPS) is 9.44. The Morgan fingerprint density at radius 2 is 0.403 bits per heavy atom. The zero-order valence-corrected chi connectivity index (χ0v) is 42.7. The van der Waals surface area contributed by atoms with Gasteiger partial charge in [0.25, 0.3) is 0 Å². The first kappa shape index (κ1) is 82.7. The fourth-order valence-corrected chi connectivity index (χ4v) is 2.64. The summed E-state index contributed by atoms with van der Waals surface area (Å²) in [6.07, 6.45) is 3.03. The second-order valence-electron chi connectivity index (χ2n) is 15.7. The monoisotopic (exact) mass is 963 g/mol. The fourth-order valence-electron chi connectivity index (χ4n) is 2.64. The Hall–Kier alpha value is -2.99. The molecular formula is C42H75O18Ti2-. The molecule has 0 fully saturated rings. The first-order chi connectivity index (χ1) is 26.8. The molecule has 62 heavy (non-hydrogen) atoms. The van der Waals surface area contributed by atoms with Crippen LogP contribution in [0.3, 0.4) is 0 Å². The van der Waals surface area contributed by atoms with Gasteiger partial charge in [-0.25, -0.2) is 0 Å². The van der Waals surface area contributed by atoms with E-state index in [1.165, 1.54) is 0 Å². The van der Waals surface area contributed by atoms with Crippen LogP contribution in [0.25, 0.3) is 0 Å². The number of carbonyl (C=O) groups excluding carboxylic acids is 10. The van der Waals surface area contributed by atoms with Gasteiger partial charge >= 0.3 is 21.7 Å². The first-order valence-electron chi connectivity index (χ1n) is 19.6. The largest absolute Gasteiger partial charge is 4.00 e. The van der Waals surface area contributed by atoms with Gasteiger partial charge in [-0.15, -0.1) is 0 Å². The number of hydrogen-bond acceptors (Lipinski definition) is 18. The second-order valence-corrected chi connectivity index (χ2v) is 15.7. The average molecular weight is 964 g/mol.